The van der Waals surface area contributed by atoms with Gasteiger partial charge in [-0.2, -0.15) is 5.10 Å². The van der Waals surface area contributed by atoms with E-state index in [0.29, 0.717) is 17.8 Å². The second-order valence-corrected chi connectivity index (χ2v) is 8.15. The van der Waals surface area contributed by atoms with Crippen LogP contribution in [-0.4, -0.2) is 19.3 Å². The lowest BCUT2D eigenvalue weighted by Crippen LogP contribution is -2.38. The molecule has 0 aromatic carbocycles. The zero-order chi connectivity index (χ0) is 18.5. The van der Waals surface area contributed by atoms with Crippen molar-refractivity contribution in [3.8, 4) is 0 Å². The number of fused-ring (bicyclic) bond motifs is 1. The van der Waals surface area contributed by atoms with Crippen LogP contribution in [0.1, 0.15) is 41.2 Å². The molecule has 3 heterocycles. The van der Waals surface area contributed by atoms with Gasteiger partial charge >= 0.3 is 5.69 Å². The van der Waals surface area contributed by atoms with Crippen LogP contribution in [0.2, 0.25) is 0 Å². The molecule has 0 spiro atoms. The van der Waals surface area contributed by atoms with Crippen LogP contribution >= 0.6 is 11.3 Å². The maximum Gasteiger partial charge on any atom is 0.331 e. The van der Waals surface area contributed by atoms with E-state index in [1.165, 1.54) is 4.57 Å². The summed E-state index contributed by atoms with van der Waals surface area (Å²) in [7, 11) is 1.56. The Kier molecular flexibility index (Phi) is 4.45. The van der Waals surface area contributed by atoms with Crippen molar-refractivity contribution >= 4 is 21.6 Å². The molecule has 3 aromatic rings. The largest absolute Gasteiger partial charge is 0.331 e. The van der Waals surface area contributed by atoms with Gasteiger partial charge < -0.3 is 0 Å². The molecule has 0 radical (unpaired) electrons. The van der Waals surface area contributed by atoms with Crippen molar-refractivity contribution in [2.45, 2.75) is 47.6 Å². The Labute approximate surface area is 150 Å². The minimum absolute atomic E-state index is 0.208. The summed E-state index contributed by atoms with van der Waals surface area (Å²) in [4.78, 5) is 27.2. The highest BCUT2D eigenvalue weighted by atomic mass is 32.1. The summed E-state index contributed by atoms with van der Waals surface area (Å²) >= 11 is 1.55. The maximum atomic E-state index is 12.7. The number of nitrogens with one attached hydrogen (secondary N) is 1. The van der Waals surface area contributed by atoms with Crippen LogP contribution in [0.25, 0.3) is 10.2 Å². The Morgan fingerprint density at radius 2 is 1.88 bits per heavy atom. The molecule has 0 amide bonds. The molecule has 0 saturated carbocycles. The number of H-pyrrole nitrogens is 1. The molecule has 0 aliphatic rings. The van der Waals surface area contributed by atoms with Gasteiger partial charge in [0.25, 0.3) is 5.56 Å². The Morgan fingerprint density at radius 3 is 2.44 bits per heavy atom. The van der Waals surface area contributed by atoms with Gasteiger partial charge in [-0.1, -0.05) is 13.8 Å². The molecule has 0 aliphatic heterocycles. The van der Waals surface area contributed by atoms with Gasteiger partial charge in [0.1, 0.15) is 4.83 Å². The second kappa shape index (κ2) is 6.29. The van der Waals surface area contributed by atoms with Gasteiger partial charge in [-0.3, -0.25) is 19.0 Å². The van der Waals surface area contributed by atoms with Crippen LogP contribution < -0.4 is 11.2 Å². The second-order valence-electron chi connectivity index (χ2n) is 7.07. The predicted molar refractivity (Wildman–Crippen MR) is 102 cm³/mol. The Hall–Kier alpha value is -2.15. The average Bonchev–Trinajstić information content (AvgIpc) is 3.04. The molecule has 7 heteroatoms. The van der Waals surface area contributed by atoms with Gasteiger partial charge in [-0.25, -0.2) is 4.79 Å². The normalized spacial score (nSPS) is 11.8. The van der Waals surface area contributed by atoms with Crippen molar-refractivity contribution in [1.29, 1.82) is 0 Å². The molecule has 0 bridgehead atoms. The highest BCUT2D eigenvalue weighted by Crippen LogP contribution is 2.31. The first kappa shape index (κ1) is 17.7. The topological polar surface area (TPSA) is 72.7 Å². The fourth-order valence-corrected chi connectivity index (χ4v) is 4.51. The Bertz CT molecular complexity index is 1050. The first-order chi connectivity index (χ1) is 11.7. The van der Waals surface area contributed by atoms with Crippen molar-refractivity contribution in [3.63, 3.8) is 0 Å². The number of nitrogens with zero attached hydrogens (tertiary/aromatic N) is 3. The average molecular weight is 360 g/mol. The van der Waals surface area contributed by atoms with Crippen LogP contribution in [0, 0.1) is 26.7 Å². The standard InChI is InChI=1S/C18H24N4O2S/c1-9(2)8-22-17-15(16(23)21(6)18(22)24)10(3)14(25-17)7-13-11(4)19-20-12(13)5/h9H,7-8H2,1-6H3,(H,19,20). The number of rotatable bonds is 4. The van der Waals surface area contributed by atoms with Crippen LogP contribution in [-0.2, 0) is 20.0 Å². The van der Waals surface area contributed by atoms with E-state index in [1.54, 1.807) is 23.0 Å². The molecule has 3 rings (SSSR count). The monoisotopic (exact) mass is 360 g/mol. The smallest absolute Gasteiger partial charge is 0.284 e. The lowest BCUT2D eigenvalue weighted by Gasteiger charge is -2.11. The molecule has 0 fully saturated rings. The van der Waals surface area contributed by atoms with Gasteiger partial charge in [0.05, 0.1) is 11.1 Å². The van der Waals surface area contributed by atoms with Gasteiger partial charge in [-0.05, 0) is 32.3 Å². The third-order valence-corrected chi connectivity index (χ3v) is 5.99. The van der Waals surface area contributed by atoms with Crippen LogP contribution in [0.3, 0.4) is 0 Å². The van der Waals surface area contributed by atoms with E-state index in [4.69, 9.17) is 0 Å². The first-order valence-corrected chi connectivity index (χ1v) is 9.26. The minimum Gasteiger partial charge on any atom is -0.284 e. The zero-order valence-corrected chi connectivity index (χ0v) is 16.4. The van der Waals surface area contributed by atoms with E-state index in [9.17, 15) is 9.59 Å². The molecule has 6 nitrogen and oxygen atoms in total. The highest BCUT2D eigenvalue weighted by molar-refractivity contribution is 7.18. The molecule has 0 saturated heterocycles. The lowest BCUT2D eigenvalue weighted by molar-refractivity contribution is 0.504. The summed E-state index contributed by atoms with van der Waals surface area (Å²) in [5.41, 5.74) is 3.70. The number of aromatic nitrogens is 4. The fraction of sp³-hybridized carbons (Fsp3) is 0.500. The number of aryl methyl sites for hydroxylation is 3. The molecule has 1 N–H and O–H groups in total. The summed E-state index contributed by atoms with van der Waals surface area (Å²) in [5, 5.41) is 7.94. The summed E-state index contributed by atoms with van der Waals surface area (Å²) in [5.74, 6) is 0.322. The predicted octanol–water partition coefficient (Wildman–Crippen LogP) is 2.66. The van der Waals surface area contributed by atoms with E-state index in [-0.39, 0.29) is 11.2 Å². The van der Waals surface area contributed by atoms with Crippen LogP contribution in [0.15, 0.2) is 9.59 Å². The van der Waals surface area contributed by atoms with E-state index in [1.807, 2.05) is 20.8 Å². The molecular formula is C18H24N4O2S. The molecular weight excluding hydrogens is 336 g/mol. The van der Waals surface area contributed by atoms with Crippen molar-refractivity contribution in [2.24, 2.45) is 13.0 Å². The molecule has 25 heavy (non-hydrogen) atoms. The SMILES string of the molecule is Cc1n[nH]c(C)c1Cc1sc2c(c1C)c(=O)n(C)c(=O)n2CC(C)C. The third kappa shape index (κ3) is 2.86. The Morgan fingerprint density at radius 1 is 1.20 bits per heavy atom. The number of hydrogen-bond donors (Lipinski definition) is 1. The van der Waals surface area contributed by atoms with Gasteiger partial charge in [0.2, 0.25) is 0 Å². The van der Waals surface area contributed by atoms with E-state index >= 15 is 0 Å². The molecule has 0 unspecified atom stereocenters. The molecule has 3 aromatic heterocycles. The maximum absolute atomic E-state index is 12.7. The van der Waals surface area contributed by atoms with Crippen molar-refractivity contribution in [1.82, 2.24) is 19.3 Å². The summed E-state index contributed by atoms with van der Waals surface area (Å²) in [6.07, 6.45) is 0.721. The molecule has 0 aliphatic carbocycles. The quantitative estimate of drug-likeness (QED) is 0.777. The van der Waals surface area contributed by atoms with Gasteiger partial charge in [0, 0.05) is 36.1 Å². The van der Waals surface area contributed by atoms with Crippen molar-refractivity contribution in [3.05, 3.63) is 48.2 Å². The Balaban J connectivity index is 2.27. The molecule has 0 atom stereocenters. The van der Waals surface area contributed by atoms with Crippen LogP contribution in [0.5, 0.6) is 0 Å². The number of thiophene rings is 1. The van der Waals surface area contributed by atoms with Gasteiger partial charge in [0.15, 0.2) is 0 Å². The number of hydrogen-bond acceptors (Lipinski definition) is 4. The third-order valence-electron chi connectivity index (χ3n) is 4.67. The minimum atomic E-state index is -0.241. The van der Waals surface area contributed by atoms with Crippen molar-refractivity contribution < 1.29 is 0 Å². The summed E-state index contributed by atoms with van der Waals surface area (Å²) in [6, 6.07) is 0. The zero-order valence-electron chi connectivity index (χ0n) is 15.6. The van der Waals surface area contributed by atoms with E-state index in [2.05, 4.69) is 24.0 Å². The van der Waals surface area contributed by atoms with Gasteiger partial charge in [-0.15, -0.1) is 11.3 Å². The first-order valence-electron chi connectivity index (χ1n) is 8.44. The molecule has 134 valence electrons. The van der Waals surface area contributed by atoms with Crippen molar-refractivity contribution in [2.75, 3.05) is 0 Å². The summed E-state index contributed by atoms with van der Waals surface area (Å²) < 4.78 is 2.97. The van der Waals surface area contributed by atoms with E-state index < -0.39 is 0 Å². The number of aromatic amines is 1. The summed E-state index contributed by atoms with van der Waals surface area (Å²) in [6.45, 7) is 10.7. The van der Waals surface area contributed by atoms with E-state index in [0.717, 1.165) is 38.6 Å². The lowest BCUT2D eigenvalue weighted by atomic mass is 10.1. The fourth-order valence-electron chi connectivity index (χ4n) is 3.20. The highest BCUT2D eigenvalue weighted by Gasteiger charge is 2.20. The van der Waals surface area contributed by atoms with Crippen LogP contribution in [0.4, 0.5) is 0 Å².